The number of nitrogens with zero attached hydrogens (tertiary/aromatic N) is 4. The van der Waals surface area contributed by atoms with Crippen molar-refractivity contribution in [2.45, 2.75) is 62.6 Å². The Hall–Kier alpha value is -2.01. The highest BCUT2D eigenvalue weighted by Crippen LogP contribution is 2.32. The lowest BCUT2D eigenvalue weighted by atomic mass is 10.0. The number of fused-ring (bicyclic) bond motifs is 1. The van der Waals surface area contributed by atoms with Gasteiger partial charge in [0.1, 0.15) is 0 Å². The molecule has 1 saturated carbocycles. The molecule has 2 aromatic rings. The highest BCUT2D eigenvalue weighted by molar-refractivity contribution is 7.91. The highest BCUT2D eigenvalue weighted by Gasteiger charge is 2.32. The lowest BCUT2D eigenvalue weighted by Crippen LogP contribution is -2.48. The molecule has 2 aliphatic heterocycles. The molecule has 3 aliphatic rings. The first-order valence-corrected chi connectivity index (χ1v) is 14.9. The average molecular weight is 518 g/mol. The van der Waals surface area contributed by atoms with Gasteiger partial charge in [0.05, 0.1) is 5.69 Å². The number of anilines is 2. The zero-order valence-electron chi connectivity index (χ0n) is 20.6. The highest BCUT2D eigenvalue weighted by atomic mass is 32.2. The van der Waals surface area contributed by atoms with E-state index in [1.54, 1.807) is 11.2 Å². The lowest BCUT2D eigenvalue weighted by Gasteiger charge is -2.35. The molecule has 1 saturated heterocycles. The van der Waals surface area contributed by atoms with Crippen LogP contribution in [0.5, 0.6) is 0 Å². The van der Waals surface area contributed by atoms with Crippen molar-refractivity contribution in [1.82, 2.24) is 14.2 Å². The number of piperazine rings is 1. The van der Waals surface area contributed by atoms with Crippen molar-refractivity contribution in [3.63, 3.8) is 0 Å². The van der Waals surface area contributed by atoms with Crippen LogP contribution in [0.1, 0.15) is 49.4 Å². The molecular weight excluding hydrogens is 482 g/mol. The maximum absolute atomic E-state index is 13.3. The first kappa shape index (κ1) is 24.7. The number of nitrogens with one attached hydrogen (secondary N) is 1. The van der Waals surface area contributed by atoms with Crippen molar-refractivity contribution in [2.75, 3.05) is 49.5 Å². The third kappa shape index (κ3) is 5.26. The normalized spacial score (nSPS) is 20.6. The van der Waals surface area contributed by atoms with E-state index in [-0.39, 0.29) is 10.1 Å². The number of hydrogen-bond acceptors (Lipinski definition) is 7. The minimum atomic E-state index is -3.64. The van der Waals surface area contributed by atoms with Gasteiger partial charge in [0.15, 0.2) is 9.34 Å². The number of benzene rings is 1. The van der Waals surface area contributed by atoms with Crippen LogP contribution in [0.25, 0.3) is 0 Å². The summed E-state index contributed by atoms with van der Waals surface area (Å²) in [6, 6.07) is 7.61. The van der Waals surface area contributed by atoms with Gasteiger partial charge in [-0.05, 0) is 55.9 Å². The maximum Gasteiger partial charge on any atom is 0.254 e. The van der Waals surface area contributed by atoms with E-state index in [2.05, 4.69) is 38.3 Å². The summed E-state index contributed by atoms with van der Waals surface area (Å²) in [5.41, 5.74) is 4.53. The van der Waals surface area contributed by atoms with Crippen molar-refractivity contribution in [3.05, 3.63) is 35.0 Å². The lowest BCUT2D eigenvalue weighted by molar-refractivity contribution is -0.114. The van der Waals surface area contributed by atoms with Gasteiger partial charge in [0, 0.05) is 57.9 Å². The van der Waals surface area contributed by atoms with Gasteiger partial charge in [-0.2, -0.15) is 4.31 Å². The summed E-state index contributed by atoms with van der Waals surface area (Å²) in [6.07, 6.45) is 7.66. The smallest absolute Gasteiger partial charge is 0.254 e. The standard InChI is InChI=1S/C25H35N5O3S2/c1-18-24(34-25(26-18)27-19(2)31)35(32,33)30-15-13-29(14-16-30)23-8-7-20-9-11-28(12-10-21(20)17-23)22-5-3-4-6-22/h7-8,17,22H,3-6,9-16H2,1-2H3,(H,26,27,31). The number of carbonyl (C=O) groups excluding carboxylic acids is 1. The Morgan fingerprint density at radius 2 is 1.71 bits per heavy atom. The second-order valence-corrected chi connectivity index (χ2v) is 13.0. The Bertz CT molecular complexity index is 1180. The Balaban J connectivity index is 1.23. The number of thiazole rings is 1. The van der Waals surface area contributed by atoms with E-state index < -0.39 is 10.0 Å². The molecule has 35 heavy (non-hydrogen) atoms. The molecule has 1 aliphatic carbocycles. The minimum absolute atomic E-state index is 0.214. The molecule has 190 valence electrons. The van der Waals surface area contributed by atoms with Gasteiger partial charge >= 0.3 is 0 Å². The fraction of sp³-hybridized carbons (Fsp3) is 0.600. The number of amides is 1. The van der Waals surface area contributed by atoms with Crippen LogP contribution in [0.3, 0.4) is 0 Å². The van der Waals surface area contributed by atoms with Gasteiger partial charge < -0.3 is 10.2 Å². The van der Waals surface area contributed by atoms with Crippen LogP contribution < -0.4 is 10.2 Å². The summed E-state index contributed by atoms with van der Waals surface area (Å²) in [4.78, 5) is 20.6. The molecule has 5 rings (SSSR count). The Morgan fingerprint density at radius 3 is 2.40 bits per heavy atom. The molecule has 0 bridgehead atoms. The molecule has 10 heteroatoms. The summed E-state index contributed by atoms with van der Waals surface area (Å²) in [5.74, 6) is -0.261. The average Bonchev–Trinajstić information content (AvgIpc) is 3.44. The molecule has 1 N–H and O–H groups in total. The molecule has 1 aromatic heterocycles. The summed E-state index contributed by atoms with van der Waals surface area (Å²) in [5, 5.41) is 2.91. The molecule has 0 radical (unpaired) electrons. The van der Waals surface area contributed by atoms with E-state index in [0.29, 0.717) is 37.0 Å². The first-order chi connectivity index (χ1) is 16.8. The predicted octanol–water partition coefficient (Wildman–Crippen LogP) is 3.26. The van der Waals surface area contributed by atoms with Crippen molar-refractivity contribution in [2.24, 2.45) is 0 Å². The summed E-state index contributed by atoms with van der Waals surface area (Å²) >= 11 is 1.02. The molecule has 8 nitrogen and oxygen atoms in total. The Morgan fingerprint density at radius 1 is 1.03 bits per heavy atom. The monoisotopic (exact) mass is 517 g/mol. The van der Waals surface area contributed by atoms with E-state index in [1.165, 1.54) is 49.4 Å². The summed E-state index contributed by atoms with van der Waals surface area (Å²) in [7, 11) is -3.64. The topological polar surface area (TPSA) is 85.8 Å². The van der Waals surface area contributed by atoms with Gasteiger partial charge in [-0.1, -0.05) is 30.2 Å². The third-order valence-electron chi connectivity index (χ3n) is 7.58. The number of aryl methyl sites for hydroxylation is 1. The Kier molecular flexibility index (Phi) is 7.16. The van der Waals surface area contributed by atoms with Crippen LogP contribution >= 0.6 is 11.3 Å². The summed E-state index contributed by atoms with van der Waals surface area (Å²) < 4.78 is 28.3. The van der Waals surface area contributed by atoms with Crippen LogP contribution in [0, 0.1) is 6.92 Å². The van der Waals surface area contributed by atoms with Gasteiger partial charge in [-0.25, -0.2) is 13.4 Å². The van der Waals surface area contributed by atoms with Gasteiger partial charge in [0.25, 0.3) is 10.0 Å². The second kappa shape index (κ2) is 10.2. The van der Waals surface area contributed by atoms with Gasteiger partial charge in [-0.15, -0.1) is 0 Å². The quantitative estimate of drug-likeness (QED) is 0.655. The molecule has 0 unspecified atom stereocenters. The van der Waals surface area contributed by atoms with Gasteiger partial charge in [0.2, 0.25) is 5.91 Å². The Labute approximate surface area is 212 Å². The second-order valence-electron chi connectivity index (χ2n) is 9.89. The zero-order chi connectivity index (χ0) is 24.6. The van der Waals surface area contributed by atoms with Crippen LogP contribution in [-0.4, -0.2) is 73.8 Å². The van der Waals surface area contributed by atoms with Crippen LogP contribution in [0.2, 0.25) is 0 Å². The van der Waals surface area contributed by atoms with E-state index >= 15 is 0 Å². The minimum Gasteiger partial charge on any atom is -0.369 e. The number of aromatic nitrogens is 1. The van der Waals surface area contributed by atoms with Crippen molar-refractivity contribution < 1.29 is 13.2 Å². The fourth-order valence-corrected chi connectivity index (χ4v) is 8.71. The molecule has 0 spiro atoms. The predicted molar refractivity (Wildman–Crippen MR) is 140 cm³/mol. The number of sulfonamides is 1. The van der Waals surface area contributed by atoms with Crippen molar-refractivity contribution >= 4 is 38.1 Å². The van der Waals surface area contributed by atoms with Crippen molar-refractivity contribution in [1.29, 1.82) is 0 Å². The van der Waals surface area contributed by atoms with Crippen LogP contribution in [0.15, 0.2) is 22.4 Å². The maximum atomic E-state index is 13.3. The van der Waals surface area contributed by atoms with Crippen LogP contribution in [0.4, 0.5) is 10.8 Å². The van der Waals surface area contributed by atoms with E-state index in [9.17, 15) is 13.2 Å². The molecule has 2 fully saturated rings. The van der Waals surface area contributed by atoms with E-state index in [0.717, 1.165) is 43.3 Å². The molecular formula is C25H35N5O3S2. The van der Waals surface area contributed by atoms with E-state index in [4.69, 9.17) is 0 Å². The molecule has 1 amide bonds. The molecule has 1 aromatic carbocycles. The largest absolute Gasteiger partial charge is 0.369 e. The third-order valence-corrected chi connectivity index (χ3v) is 11.1. The fourth-order valence-electron chi connectivity index (χ4n) is 5.69. The molecule has 3 heterocycles. The number of rotatable bonds is 5. The SMILES string of the molecule is CC(=O)Nc1nc(C)c(S(=O)(=O)N2CCN(c3ccc4c(c3)CCN(C3CCCC3)CC4)CC2)s1. The van der Waals surface area contributed by atoms with E-state index in [1.807, 2.05) is 0 Å². The summed E-state index contributed by atoms with van der Waals surface area (Å²) in [6.45, 7) is 7.54. The molecule has 0 atom stereocenters. The van der Waals surface area contributed by atoms with Gasteiger partial charge in [-0.3, -0.25) is 9.69 Å². The first-order valence-electron chi connectivity index (χ1n) is 12.7. The van der Waals surface area contributed by atoms with Crippen LogP contribution in [-0.2, 0) is 27.7 Å². The zero-order valence-corrected chi connectivity index (χ0v) is 22.3. The number of hydrogen-bond donors (Lipinski definition) is 1. The number of carbonyl (C=O) groups is 1. The van der Waals surface area contributed by atoms with Crippen molar-refractivity contribution in [3.8, 4) is 0 Å².